The third-order valence-electron chi connectivity index (χ3n) is 4.85. The van der Waals surface area contributed by atoms with Crippen molar-refractivity contribution in [3.05, 3.63) is 35.7 Å². The Kier molecular flexibility index (Phi) is 5.58. The molecule has 1 fully saturated rings. The number of carbonyl (C=O) groups excluding carboxylic acids is 2. The van der Waals surface area contributed by atoms with Gasteiger partial charge in [-0.25, -0.2) is 9.31 Å². The van der Waals surface area contributed by atoms with E-state index in [2.05, 4.69) is 10.4 Å². The number of ether oxygens (including phenoxy) is 2. The second-order valence-corrected chi connectivity index (χ2v) is 8.92. The number of rotatable bonds is 3. The number of morpholine rings is 1. The number of aromatic nitrogens is 2. The summed E-state index contributed by atoms with van der Waals surface area (Å²) in [7, 11) is 0. The highest BCUT2D eigenvalue weighted by Gasteiger charge is 2.35. The molecule has 1 atom stereocenters. The summed E-state index contributed by atoms with van der Waals surface area (Å²) < 4.78 is 12.9. The predicted octanol–water partition coefficient (Wildman–Crippen LogP) is 2.63. The number of carbonyl (C=O) groups is 2. The maximum absolute atomic E-state index is 12.9. The van der Waals surface area contributed by atoms with Crippen LogP contribution < -0.4 is 5.32 Å². The molecule has 1 N–H and O–H groups in total. The zero-order valence-electron chi connectivity index (χ0n) is 18.0. The minimum atomic E-state index is -0.751. The van der Waals surface area contributed by atoms with Crippen LogP contribution in [0.3, 0.4) is 0 Å². The molecule has 1 saturated heterocycles. The standard InChI is InChI=1S/C21H30N4O4/c1-14-8-7-9-16-15(12-22-25(14)16)21(5,6)23-18(26)17-13-24(10-11-28-17)19(27)29-20(2,3)4/h7-9,12,17H,10-11,13H2,1-6H3,(H,23,26)/t17-/m0/s1. The van der Waals surface area contributed by atoms with Gasteiger partial charge >= 0.3 is 6.09 Å². The molecule has 1 aliphatic rings. The van der Waals surface area contributed by atoms with Crippen molar-refractivity contribution in [3.8, 4) is 0 Å². The highest BCUT2D eigenvalue weighted by molar-refractivity contribution is 5.83. The summed E-state index contributed by atoms with van der Waals surface area (Å²) in [5, 5.41) is 7.49. The summed E-state index contributed by atoms with van der Waals surface area (Å²) in [4.78, 5) is 26.8. The van der Waals surface area contributed by atoms with Gasteiger partial charge in [-0.05, 0) is 53.7 Å². The molecule has 2 aromatic heterocycles. The maximum atomic E-state index is 12.9. The van der Waals surface area contributed by atoms with Crippen LogP contribution >= 0.6 is 0 Å². The van der Waals surface area contributed by atoms with Crippen LogP contribution in [-0.2, 0) is 19.8 Å². The smallest absolute Gasteiger partial charge is 0.410 e. The van der Waals surface area contributed by atoms with Crippen molar-refractivity contribution in [3.63, 3.8) is 0 Å². The van der Waals surface area contributed by atoms with E-state index in [0.717, 1.165) is 16.8 Å². The van der Waals surface area contributed by atoms with E-state index in [0.29, 0.717) is 6.54 Å². The fourth-order valence-electron chi connectivity index (χ4n) is 3.39. The molecule has 3 heterocycles. The third-order valence-corrected chi connectivity index (χ3v) is 4.85. The Bertz CT molecular complexity index is 913. The zero-order chi connectivity index (χ0) is 21.4. The van der Waals surface area contributed by atoms with E-state index in [-0.39, 0.29) is 19.1 Å². The number of aryl methyl sites for hydroxylation is 1. The largest absolute Gasteiger partial charge is 0.444 e. The van der Waals surface area contributed by atoms with Crippen LogP contribution in [0.5, 0.6) is 0 Å². The summed E-state index contributed by atoms with van der Waals surface area (Å²) >= 11 is 0. The van der Waals surface area contributed by atoms with E-state index in [1.54, 1.807) is 6.20 Å². The zero-order valence-corrected chi connectivity index (χ0v) is 18.0. The molecule has 2 amide bonds. The molecule has 1 aliphatic heterocycles. The number of nitrogens with one attached hydrogen (secondary N) is 1. The first-order chi connectivity index (χ1) is 13.5. The average molecular weight is 402 g/mol. The number of hydrogen-bond donors (Lipinski definition) is 1. The van der Waals surface area contributed by atoms with Crippen LogP contribution in [0.25, 0.3) is 5.52 Å². The molecule has 0 spiro atoms. The predicted molar refractivity (Wildman–Crippen MR) is 109 cm³/mol. The average Bonchev–Trinajstić information content (AvgIpc) is 3.06. The monoisotopic (exact) mass is 402 g/mol. The first-order valence-electron chi connectivity index (χ1n) is 9.83. The van der Waals surface area contributed by atoms with Gasteiger partial charge in [0.15, 0.2) is 6.10 Å². The summed E-state index contributed by atoms with van der Waals surface area (Å²) in [5.41, 5.74) is 1.62. The third kappa shape index (κ3) is 4.70. The Hall–Kier alpha value is -2.61. The van der Waals surface area contributed by atoms with Crippen LogP contribution in [0.4, 0.5) is 4.79 Å². The molecule has 0 radical (unpaired) electrons. The van der Waals surface area contributed by atoms with Crippen LogP contribution in [0.15, 0.2) is 24.4 Å². The number of pyridine rings is 1. The lowest BCUT2D eigenvalue weighted by molar-refractivity contribution is -0.139. The number of nitrogens with zero attached hydrogens (tertiary/aromatic N) is 3. The molecule has 3 rings (SSSR count). The van der Waals surface area contributed by atoms with E-state index in [1.165, 1.54) is 4.90 Å². The van der Waals surface area contributed by atoms with Gasteiger partial charge in [0.25, 0.3) is 5.91 Å². The maximum Gasteiger partial charge on any atom is 0.410 e. The van der Waals surface area contributed by atoms with Crippen molar-refractivity contribution in [1.82, 2.24) is 19.8 Å². The summed E-state index contributed by atoms with van der Waals surface area (Å²) in [5.74, 6) is -0.268. The highest BCUT2D eigenvalue weighted by Crippen LogP contribution is 2.26. The van der Waals surface area contributed by atoms with Gasteiger partial charge in [-0.15, -0.1) is 0 Å². The first kappa shape index (κ1) is 21.1. The van der Waals surface area contributed by atoms with E-state index in [1.807, 2.05) is 64.3 Å². The van der Waals surface area contributed by atoms with Crippen molar-refractivity contribution in [2.24, 2.45) is 0 Å². The van der Waals surface area contributed by atoms with Gasteiger partial charge in [-0.3, -0.25) is 4.79 Å². The summed E-state index contributed by atoms with van der Waals surface area (Å²) in [6.45, 7) is 12.1. The molecule has 0 saturated carbocycles. The van der Waals surface area contributed by atoms with Crippen molar-refractivity contribution in [2.75, 3.05) is 19.7 Å². The molecule has 158 valence electrons. The fourth-order valence-corrected chi connectivity index (χ4v) is 3.39. The van der Waals surface area contributed by atoms with Gasteiger partial charge < -0.3 is 19.7 Å². The van der Waals surface area contributed by atoms with Gasteiger partial charge in [0.1, 0.15) is 5.60 Å². The molecular weight excluding hydrogens is 372 g/mol. The van der Waals surface area contributed by atoms with Crippen LogP contribution in [0.2, 0.25) is 0 Å². The van der Waals surface area contributed by atoms with Crippen molar-refractivity contribution in [2.45, 2.75) is 58.8 Å². The lowest BCUT2D eigenvalue weighted by atomic mass is 9.95. The second-order valence-electron chi connectivity index (χ2n) is 8.92. The molecule has 0 aromatic carbocycles. The Morgan fingerprint density at radius 3 is 2.66 bits per heavy atom. The summed E-state index contributed by atoms with van der Waals surface area (Å²) in [6, 6.07) is 5.93. The van der Waals surface area contributed by atoms with Crippen LogP contribution in [0, 0.1) is 6.92 Å². The van der Waals surface area contributed by atoms with E-state index >= 15 is 0 Å². The SMILES string of the molecule is Cc1cccc2c(C(C)(C)NC(=O)[C@@H]3CN(C(=O)OC(C)(C)C)CCO3)cnn12. The molecule has 0 bridgehead atoms. The van der Waals surface area contributed by atoms with E-state index in [4.69, 9.17) is 9.47 Å². The normalized spacial score (nSPS) is 18.0. The quantitative estimate of drug-likeness (QED) is 0.853. The highest BCUT2D eigenvalue weighted by atomic mass is 16.6. The first-order valence-corrected chi connectivity index (χ1v) is 9.83. The van der Waals surface area contributed by atoms with Crippen molar-refractivity contribution in [1.29, 1.82) is 0 Å². The van der Waals surface area contributed by atoms with Gasteiger partial charge in [0.2, 0.25) is 0 Å². The van der Waals surface area contributed by atoms with Crippen LogP contribution in [0.1, 0.15) is 45.9 Å². The van der Waals surface area contributed by atoms with E-state index < -0.39 is 23.3 Å². The van der Waals surface area contributed by atoms with E-state index in [9.17, 15) is 9.59 Å². The molecule has 8 nitrogen and oxygen atoms in total. The number of fused-ring (bicyclic) bond motifs is 1. The van der Waals surface area contributed by atoms with Gasteiger partial charge in [-0.1, -0.05) is 6.07 Å². The second kappa shape index (κ2) is 7.67. The Morgan fingerprint density at radius 1 is 1.24 bits per heavy atom. The van der Waals surface area contributed by atoms with Crippen molar-refractivity contribution < 1.29 is 19.1 Å². The van der Waals surface area contributed by atoms with Crippen LogP contribution in [-0.4, -0.2) is 57.9 Å². The lowest BCUT2D eigenvalue weighted by Gasteiger charge is -2.35. The number of hydrogen-bond acceptors (Lipinski definition) is 5. The molecule has 8 heteroatoms. The van der Waals surface area contributed by atoms with Gasteiger partial charge in [0.05, 0.1) is 30.4 Å². The Balaban J connectivity index is 1.71. The lowest BCUT2D eigenvalue weighted by Crippen LogP contribution is -2.55. The fraction of sp³-hybridized carbons (Fsp3) is 0.571. The number of amides is 2. The minimum Gasteiger partial charge on any atom is -0.444 e. The molecule has 29 heavy (non-hydrogen) atoms. The molecule has 0 aliphatic carbocycles. The Labute approximate surface area is 171 Å². The van der Waals surface area contributed by atoms with Crippen molar-refractivity contribution >= 4 is 17.5 Å². The Morgan fingerprint density at radius 2 is 1.97 bits per heavy atom. The van der Waals surface area contributed by atoms with Gasteiger partial charge in [0, 0.05) is 17.8 Å². The molecule has 0 unspecified atom stereocenters. The molecule has 2 aromatic rings. The topological polar surface area (TPSA) is 85.2 Å². The van der Waals surface area contributed by atoms with Gasteiger partial charge in [-0.2, -0.15) is 5.10 Å². The minimum absolute atomic E-state index is 0.157. The summed E-state index contributed by atoms with van der Waals surface area (Å²) in [6.07, 6.45) is 0.590. The molecular formula is C21H30N4O4.